The minimum absolute atomic E-state index is 0.208. The molecule has 8 heteroatoms. The first-order chi connectivity index (χ1) is 14.1. The molecule has 4 rings (SSSR count). The van der Waals surface area contributed by atoms with Crippen molar-refractivity contribution >= 4 is 48.5 Å². The van der Waals surface area contributed by atoms with E-state index >= 15 is 0 Å². The quantitative estimate of drug-likeness (QED) is 0.369. The average molecular weight is 473 g/mol. The van der Waals surface area contributed by atoms with Crippen LogP contribution in [0.5, 0.6) is 11.5 Å². The Labute approximate surface area is 179 Å². The van der Waals surface area contributed by atoms with E-state index in [-0.39, 0.29) is 12.5 Å². The average Bonchev–Trinajstić information content (AvgIpc) is 3.40. The molecular weight excluding hydrogens is 456 g/mol. The van der Waals surface area contributed by atoms with E-state index in [1.807, 2.05) is 24.3 Å². The zero-order valence-electron chi connectivity index (χ0n) is 15.7. The summed E-state index contributed by atoms with van der Waals surface area (Å²) >= 11 is 4.93. The highest BCUT2D eigenvalue weighted by Gasteiger charge is 2.24. The first kappa shape index (κ1) is 19.5. The molecule has 0 aliphatic rings. The lowest BCUT2D eigenvalue weighted by atomic mass is 10.1. The predicted molar refractivity (Wildman–Crippen MR) is 116 cm³/mol. The van der Waals surface area contributed by atoms with Gasteiger partial charge in [0.05, 0.1) is 37.2 Å². The molecule has 6 nitrogen and oxygen atoms in total. The Bertz CT molecular complexity index is 1160. The van der Waals surface area contributed by atoms with E-state index in [4.69, 9.17) is 13.9 Å². The Morgan fingerprint density at radius 3 is 2.69 bits per heavy atom. The maximum atomic E-state index is 13.4. The van der Waals surface area contributed by atoms with Gasteiger partial charge in [-0.2, -0.15) is 0 Å². The number of benzene rings is 2. The molecule has 1 amide bonds. The number of amides is 1. The number of aromatic nitrogens is 1. The molecule has 0 fully saturated rings. The Morgan fingerprint density at radius 2 is 1.97 bits per heavy atom. The Kier molecular flexibility index (Phi) is 5.55. The highest BCUT2D eigenvalue weighted by atomic mass is 79.9. The van der Waals surface area contributed by atoms with Crippen LogP contribution in [0.15, 0.2) is 63.7 Å². The third kappa shape index (κ3) is 3.99. The van der Waals surface area contributed by atoms with Crippen LogP contribution < -0.4 is 14.4 Å². The number of fused-ring (bicyclic) bond motifs is 1. The molecule has 0 bridgehead atoms. The van der Waals surface area contributed by atoms with Gasteiger partial charge in [0, 0.05) is 10.0 Å². The third-order valence-electron chi connectivity index (χ3n) is 4.34. The smallest absolute Gasteiger partial charge is 0.260 e. The molecule has 0 unspecified atom stereocenters. The Morgan fingerprint density at radius 1 is 1.14 bits per heavy atom. The van der Waals surface area contributed by atoms with Crippen molar-refractivity contribution in [1.29, 1.82) is 0 Å². The summed E-state index contributed by atoms with van der Waals surface area (Å²) in [7, 11) is 3.10. The molecule has 0 atom stereocenters. The van der Waals surface area contributed by atoms with Gasteiger partial charge in [0.15, 0.2) is 16.6 Å². The lowest BCUT2D eigenvalue weighted by Gasteiger charge is -2.19. The maximum Gasteiger partial charge on any atom is 0.260 e. The summed E-state index contributed by atoms with van der Waals surface area (Å²) in [6.45, 7) is 0.265. The Balaban J connectivity index is 1.76. The van der Waals surface area contributed by atoms with Crippen molar-refractivity contribution in [3.63, 3.8) is 0 Å². The predicted octanol–water partition coefficient (Wildman–Crippen LogP) is 5.52. The standard InChI is InChI=1S/C21H17BrN2O4S/c1-26-17-8-5-13(10-18(17)27-2)20(25)24(12-15-4-3-9-28-15)21-23-16-7-6-14(22)11-19(16)29-21/h3-11H,12H2,1-2H3. The van der Waals surface area contributed by atoms with E-state index in [0.29, 0.717) is 28.0 Å². The molecule has 0 aliphatic carbocycles. The summed E-state index contributed by atoms with van der Waals surface area (Å²) in [5.41, 5.74) is 1.30. The molecular formula is C21H17BrN2O4S. The number of anilines is 1. The molecule has 148 valence electrons. The van der Waals surface area contributed by atoms with Gasteiger partial charge in [-0.15, -0.1) is 0 Å². The first-order valence-corrected chi connectivity index (χ1v) is 10.3. The molecule has 0 saturated heterocycles. The van der Waals surface area contributed by atoms with Gasteiger partial charge in [0.1, 0.15) is 5.76 Å². The minimum Gasteiger partial charge on any atom is -0.493 e. The zero-order chi connectivity index (χ0) is 20.4. The molecule has 0 spiro atoms. The second-order valence-electron chi connectivity index (χ2n) is 6.15. The number of nitrogens with zero attached hydrogens (tertiary/aromatic N) is 2. The van der Waals surface area contributed by atoms with Gasteiger partial charge in [0.2, 0.25) is 0 Å². The second kappa shape index (κ2) is 8.26. The van der Waals surface area contributed by atoms with E-state index in [2.05, 4.69) is 20.9 Å². The van der Waals surface area contributed by atoms with E-state index in [0.717, 1.165) is 14.7 Å². The SMILES string of the molecule is COc1ccc(C(=O)N(Cc2ccco2)c2nc3ccc(Br)cc3s2)cc1OC. The lowest BCUT2D eigenvalue weighted by Crippen LogP contribution is -2.30. The first-order valence-electron chi connectivity index (χ1n) is 8.71. The highest BCUT2D eigenvalue weighted by Crippen LogP contribution is 2.34. The fraction of sp³-hybridized carbons (Fsp3) is 0.143. The van der Waals surface area contributed by atoms with Crippen molar-refractivity contribution in [2.75, 3.05) is 19.1 Å². The highest BCUT2D eigenvalue weighted by molar-refractivity contribution is 9.10. The summed E-state index contributed by atoms with van der Waals surface area (Å²) in [6.07, 6.45) is 1.59. The zero-order valence-corrected chi connectivity index (χ0v) is 18.1. The number of methoxy groups -OCH3 is 2. The summed E-state index contributed by atoms with van der Waals surface area (Å²) in [4.78, 5) is 19.7. The van der Waals surface area contributed by atoms with Crippen molar-refractivity contribution < 1.29 is 18.7 Å². The number of ether oxygens (including phenoxy) is 2. The number of rotatable bonds is 6. The van der Waals surface area contributed by atoms with Crippen molar-refractivity contribution in [3.8, 4) is 11.5 Å². The number of carbonyl (C=O) groups is 1. The molecule has 29 heavy (non-hydrogen) atoms. The van der Waals surface area contributed by atoms with Crippen LogP contribution in [0.4, 0.5) is 5.13 Å². The summed E-state index contributed by atoms with van der Waals surface area (Å²) < 4.78 is 18.0. The summed E-state index contributed by atoms with van der Waals surface area (Å²) in [5.74, 6) is 1.51. The van der Waals surface area contributed by atoms with Crippen LogP contribution in [-0.4, -0.2) is 25.1 Å². The fourth-order valence-corrected chi connectivity index (χ4v) is 4.43. The van der Waals surface area contributed by atoms with Crippen molar-refractivity contribution in [2.45, 2.75) is 6.54 Å². The number of carbonyl (C=O) groups excluding carboxylic acids is 1. The van der Waals surface area contributed by atoms with E-state index in [1.54, 1.807) is 42.5 Å². The summed E-state index contributed by atoms with van der Waals surface area (Å²) in [6, 6.07) is 14.6. The number of halogens is 1. The molecule has 2 aromatic carbocycles. The minimum atomic E-state index is -0.208. The normalized spacial score (nSPS) is 10.9. The van der Waals surface area contributed by atoms with Gasteiger partial charge in [-0.05, 0) is 48.5 Å². The van der Waals surface area contributed by atoms with Gasteiger partial charge in [0.25, 0.3) is 5.91 Å². The van der Waals surface area contributed by atoms with Crippen LogP contribution in [0.25, 0.3) is 10.2 Å². The van der Waals surface area contributed by atoms with Crippen LogP contribution in [0, 0.1) is 0 Å². The molecule has 0 saturated carbocycles. The van der Waals surface area contributed by atoms with Gasteiger partial charge < -0.3 is 13.9 Å². The number of thiazole rings is 1. The van der Waals surface area contributed by atoms with Gasteiger partial charge in [-0.25, -0.2) is 4.98 Å². The second-order valence-corrected chi connectivity index (χ2v) is 8.07. The molecule has 0 radical (unpaired) electrons. The van der Waals surface area contributed by atoms with Crippen LogP contribution in [0.3, 0.4) is 0 Å². The van der Waals surface area contributed by atoms with Crippen LogP contribution >= 0.6 is 27.3 Å². The van der Waals surface area contributed by atoms with Gasteiger partial charge in [-0.1, -0.05) is 27.3 Å². The largest absolute Gasteiger partial charge is 0.493 e. The molecule has 2 heterocycles. The van der Waals surface area contributed by atoms with Crippen molar-refractivity contribution in [1.82, 2.24) is 4.98 Å². The van der Waals surface area contributed by atoms with Crippen LogP contribution in [0.2, 0.25) is 0 Å². The topological polar surface area (TPSA) is 64.8 Å². The fourth-order valence-electron chi connectivity index (χ4n) is 2.91. The monoisotopic (exact) mass is 472 g/mol. The molecule has 0 N–H and O–H groups in total. The van der Waals surface area contributed by atoms with E-state index < -0.39 is 0 Å². The van der Waals surface area contributed by atoms with Crippen LogP contribution in [0.1, 0.15) is 16.1 Å². The van der Waals surface area contributed by atoms with Gasteiger partial charge >= 0.3 is 0 Å². The molecule has 0 aliphatic heterocycles. The lowest BCUT2D eigenvalue weighted by molar-refractivity contribution is 0.0983. The maximum absolute atomic E-state index is 13.4. The number of hydrogen-bond acceptors (Lipinski definition) is 6. The Hall–Kier alpha value is -2.84. The molecule has 4 aromatic rings. The molecule has 2 aromatic heterocycles. The summed E-state index contributed by atoms with van der Waals surface area (Å²) in [5, 5.41) is 0.592. The van der Waals surface area contributed by atoms with Crippen molar-refractivity contribution in [3.05, 3.63) is 70.6 Å². The van der Waals surface area contributed by atoms with Crippen molar-refractivity contribution in [2.24, 2.45) is 0 Å². The van der Waals surface area contributed by atoms with Crippen LogP contribution in [-0.2, 0) is 6.54 Å². The van der Waals surface area contributed by atoms with E-state index in [1.165, 1.54) is 18.4 Å². The third-order valence-corrected chi connectivity index (χ3v) is 5.87. The number of furan rings is 1. The number of hydrogen-bond donors (Lipinski definition) is 0. The van der Waals surface area contributed by atoms with E-state index in [9.17, 15) is 4.79 Å². The van der Waals surface area contributed by atoms with Gasteiger partial charge in [-0.3, -0.25) is 9.69 Å².